The van der Waals surface area contributed by atoms with E-state index in [-0.39, 0.29) is 12.5 Å². The number of thiocarbonyl (C=S) groups is 1. The highest BCUT2D eigenvalue weighted by Gasteiger charge is 2.38. The number of nitrogens with two attached hydrogens (primary N) is 1. The third-order valence-corrected chi connectivity index (χ3v) is 4.13. The monoisotopic (exact) mass is 312 g/mol. The molecule has 0 aliphatic heterocycles. The molecule has 20 heavy (non-hydrogen) atoms. The molecule has 0 heterocycles. The minimum absolute atomic E-state index is 0.0635. The van der Waals surface area contributed by atoms with Gasteiger partial charge in [0.05, 0.1) is 10.5 Å². The Morgan fingerprint density at radius 2 is 1.95 bits per heavy atom. The number of benzene rings is 1. The van der Waals surface area contributed by atoms with Crippen molar-refractivity contribution >= 4 is 34.7 Å². The van der Waals surface area contributed by atoms with Gasteiger partial charge in [0.15, 0.2) is 6.61 Å². The van der Waals surface area contributed by atoms with E-state index in [1.54, 1.807) is 24.3 Å². The minimum Gasteiger partial charge on any atom is -0.484 e. The van der Waals surface area contributed by atoms with Gasteiger partial charge in [-0.1, -0.05) is 36.7 Å². The lowest BCUT2D eigenvalue weighted by Gasteiger charge is -2.29. The summed E-state index contributed by atoms with van der Waals surface area (Å²) in [5.41, 5.74) is 5.23. The van der Waals surface area contributed by atoms with Crippen molar-refractivity contribution in [3.63, 3.8) is 0 Å². The molecule has 0 aromatic heterocycles. The Labute approximate surface area is 128 Å². The Morgan fingerprint density at radius 3 is 2.50 bits per heavy atom. The van der Waals surface area contributed by atoms with Crippen LogP contribution in [0.2, 0.25) is 5.02 Å². The molecule has 0 saturated heterocycles. The molecule has 6 heteroatoms. The van der Waals surface area contributed by atoms with Gasteiger partial charge in [-0.2, -0.15) is 0 Å². The molecular formula is C14H17ClN2O2S. The molecule has 0 spiro atoms. The van der Waals surface area contributed by atoms with Crippen LogP contribution in [-0.2, 0) is 4.79 Å². The Kier molecular flexibility index (Phi) is 4.83. The zero-order valence-electron chi connectivity index (χ0n) is 11.0. The van der Waals surface area contributed by atoms with E-state index in [9.17, 15) is 4.79 Å². The van der Waals surface area contributed by atoms with E-state index in [0.29, 0.717) is 15.8 Å². The maximum atomic E-state index is 12.0. The summed E-state index contributed by atoms with van der Waals surface area (Å²) in [7, 11) is 0. The molecule has 108 valence electrons. The summed E-state index contributed by atoms with van der Waals surface area (Å²) in [5.74, 6) is 0.384. The van der Waals surface area contributed by atoms with Gasteiger partial charge >= 0.3 is 0 Å². The number of halogens is 1. The maximum Gasteiger partial charge on any atom is 0.258 e. The summed E-state index contributed by atoms with van der Waals surface area (Å²) in [6, 6.07) is 6.85. The van der Waals surface area contributed by atoms with Crippen LogP contribution in [0.25, 0.3) is 0 Å². The van der Waals surface area contributed by atoms with E-state index in [0.717, 1.165) is 25.7 Å². The molecule has 0 unspecified atom stereocenters. The molecule has 1 aliphatic carbocycles. The summed E-state index contributed by atoms with van der Waals surface area (Å²) in [5, 5.41) is 3.54. The first kappa shape index (κ1) is 15.1. The Hall–Kier alpha value is -1.33. The molecule has 3 N–H and O–H groups in total. The van der Waals surface area contributed by atoms with Crippen LogP contribution in [0, 0.1) is 0 Å². The lowest BCUT2D eigenvalue weighted by Crippen LogP contribution is -2.55. The van der Waals surface area contributed by atoms with Gasteiger partial charge < -0.3 is 15.8 Å². The van der Waals surface area contributed by atoms with Crippen molar-refractivity contribution in [2.24, 2.45) is 5.73 Å². The maximum absolute atomic E-state index is 12.0. The van der Waals surface area contributed by atoms with Gasteiger partial charge in [-0.25, -0.2) is 0 Å². The zero-order valence-corrected chi connectivity index (χ0v) is 12.6. The first-order chi connectivity index (χ1) is 9.52. The van der Waals surface area contributed by atoms with Crippen LogP contribution >= 0.6 is 23.8 Å². The van der Waals surface area contributed by atoms with Crippen molar-refractivity contribution < 1.29 is 9.53 Å². The Morgan fingerprint density at radius 1 is 1.35 bits per heavy atom. The molecule has 1 saturated carbocycles. The Bertz CT molecular complexity index is 498. The first-order valence-electron chi connectivity index (χ1n) is 6.51. The summed E-state index contributed by atoms with van der Waals surface area (Å²) < 4.78 is 5.40. The van der Waals surface area contributed by atoms with E-state index in [1.807, 2.05) is 0 Å². The fourth-order valence-electron chi connectivity index (χ4n) is 2.39. The molecule has 1 fully saturated rings. The van der Waals surface area contributed by atoms with Gasteiger partial charge in [-0.3, -0.25) is 4.79 Å². The normalized spacial score (nSPS) is 16.6. The first-order valence-corrected chi connectivity index (χ1v) is 7.30. The second-order valence-corrected chi connectivity index (χ2v) is 5.82. The average Bonchev–Trinajstić information content (AvgIpc) is 2.88. The number of amides is 1. The van der Waals surface area contributed by atoms with Gasteiger partial charge in [-0.15, -0.1) is 0 Å². The number of nitrogens with one attached hydrogen (secondary N) is 1. The molecule has 1 aromatic rings. The molecule has 4 nitrogen and oxygen atoms in total. The number of hydrogen-bond donors (Lipinski definition) is 2. The fraction of sp³-hybridized carbons (Fsp3) is 0.429. The van der Waals surface area contributed by atoms with Crippen LogP contribution in [0.15, 0.2) is 24.3 Å². The van der Waals surface area contributed by atoms with Gasteiger partial charge in [-0.05, 0) is 37.1 Å². The lowest BCUT2D eigenvalue weighted by atomic mass is 9.97. The van der Waals surface area contributed by atoms with Crippen LogP contribution < -0.4 is 15.8 Å². The van der Waals surface area contributed by atoms with Crippen molar-refractivity contribution in [2.45, 2.75) is 31.2 Å². The molecule has 0 radical (unpaired) electrons. The van der Waals surface area contributed by atoms with E-state index in [2.05, 4.69) is 5.32 Å². The van der Waals surface area contributed by atoms with E-state index >= 15 is 0 Å². The molecule has 2 rings (SSSR count). The van der Waals surface area contributed by atoms with Gasteiger partial charge in [0.2, 0.25) is 0 Å². The molecule has 1 aromatic carbocycles. The van der Waals surface area contributed by atoms with Crippen molar-refractivity contribution in [1.82, 2.24) is 5.32 Å². The number of carbonyl (C=O) groups is 1. The van der Waals surface area contributed by atoms with Crippen LogP contribution in [0.3, 0.4) is 0 Å². The summed E-state index contributed by atoms with van der Waals surface area (Å²) >= 11 is 10.9. The van der Waals surface area contributed by atoms with Crippen LogP contribution in [0.4, 0.5) is 0 Å². The quantitative estimate of drug-likeness (QED) is 0.820. The standard InChI is InChI=1S/C14H17ClN2O2S/c15-10-3-5-11(6-4-10)19-9-12(18)17-14(13(16)20)7-1-2-8-14/h3-6H,1-2,7-9H2,(H2,16,20)(H,17,18). The molecular weight excluding hydrogens is 296 g/mol. The van der Waals surface area contributed by atoms with Crippen molar-refractivity contribution in [2.75, 3.05) is 6.61 Å². The fourth-order valence-corrected chi connectivity index (χ4v) is 2.78. The van der Waals surface area contributed by atoms with Crippen molar-refractivity contribution in [1.29, 1.82) is 0 Å². The topological polar surface area (TPSA) is 64.3 Å². The van der Waals surface area contributed by atoms with Crippen LogP contribution in [0.5, 0.6) is 5.75 Å². The third kappa shape index (κ3) is 3.61. The predicted octanol–water partition coefficient (Wildman–Crippen LogP) is 2.43. The van der Waals surface area contributed by atoms with Crippen LogP contribution in [0.1, 0.15) is 25.7 Å². The molecule has 0 atom stereocenters. The van der Waals surface area contributed by atoms with Gasteiger partial charge in [0.1, 0.15) is 5.75 Å². The Balaban J connectivity index is 1.89. The molecule has 0 bridgehead atoms. The number of ether oxygens (including phenoxy) is 1. The van der Waals surface area contributed by atoms with E-state index in [4.69, 9.17) is 34.3 Å². The van der Waals surface area contributed by atoms with E-state index < -0.39 is 5.54 Å². The zero-order chi connectivity index (χ0) is 14.6. The second kappa shape index (κ2) is 6.41. The highest BCUT2D eigenvalue weighted by molar-refractivity contribution is 7.80. The number of rotatable bonds is 5. The van der Waals surface area contributed by atoms with E-state index in [1.165, 1.54) is 0 Å². The third-order valence-electron chi connectivity index (χ3n) is 3.49. The lowest BCUT2D eigenvalue weighted by molar-refractivity contribution is -0.124. The summed E-state index contributed by atoms with van der Waals surface area (Å²) in [4.78, 5) is 12.3. The smallest absolute Gasteiger partial charge is 0.258 e. The molecule has 1 amide bonds. The number of carbonyl (C=O) groups excluding carboxylic acids is 1. The van der Waals surface area contributed by atoms with Crippen LogP contribution in [-0.4, -0.2) is 23.0 Å². The minimum atomic E-state index is -0.532. The predicted molar refractivity (Wildman–Crippen MR) is 83.1 cm³/mol. The van der Waals surface area contributed by atoms with Gasteiger partial charge in [0.25, 0.3) is 5.91 Å². The highest BCUT2D eigenvalue weighted by Crippen LogP contribution is 2.29. The largest absolute Gasteiger partial charge is 0.484 e. The average molecular weight is 313 g/mol. The van der Waals surface area contributed by atoms with Crippen molar-refractivity contribution in [3.05, 3.63) is 29.3 Å². The van der Waals surface area contributed by atoms with Crippen molar-refractivity contribution in [3.8, 4) is 5.75 Å². The molecule has 1 aliphatic rings. The highest BCUT2D eigenvalue weighted by atomic mass is 35.5. The number of hydrogen-bond acceptors (Lipinski definition) is 3. The second-order valence-electron chi connectivity index (χ2n) is 4.94. The SMILES string of the molecule is NC(=S)C1(NC(=O)COc2ccc(Cl)cc2)CCCC1. The summed E-state index contributed by atoms with van der Waals surface area (Å²) in [6.07, 6.45) is 3.65. The van der Waals surface area contributed by atoms with Gasteiger partial charge in [0, 0.05) is 5.02 Å². The summed E-state index contributed by atoms with van der Waals surface area (Å²) in [6.45, 7) is -0.0635.